The molecular weight excluding hydrogens is 342 g/mol. The smallest absolute Gasteiger partial charge is 0.205 e. The molecule has 1 aromatic carbocycles. The maximum absolute atomic E-state index is 5.72. The van der Waals surface area contributed by atoms with E-state index in [0.717, 1.165) is 21.9 Å². The zero-order valence-electron chi connectivity index (χ0n) is 12.2. The van der Waals surface area contributed by atoms with Gasteiger partial charge in [-0.2, -0.15) is 0 Å². The molecule has 0 fully saturated rings. The third kappa shape index (κ3) is 3.42. The van der Waals surface area contributed by atoms with E-state index in [1.165, 1.54) is 7.11 Å². The number of methoxy groups -OCH3 is 2. The van der Waals surface area contributed by atoms with E-state index in [9.17, 15) is 0 Å². The number of fused-ring (bicyclic) bond motifs is 1. The molecule has 0 aliphatic carbocycles. The van der Waals surface area contributed by atoms with Crippen LogP contribution in [0.1, 0.15) is 5.69 Å². The first-order valence-corrected chi connectivity index (χ1v) is 7.48. The average Bonchev–Trinajstić information content (AvgIpc) is 2.91. The van der Waals surface area contributed by atoms with Gasteiger partial charge in [-0.1, -0.05) is 15.9 Å². The number of nitrogens with one attached hydrogen (secondary N) is 1. The third-order valence-corrected chi connectivity index (χ3v) is 3.25. The Morgan fingerprint density at radius 1 is 1.10 bits per heavy atom. The summed E-state index contributed by atoms with van der Waals surface area (Å²) in [5.74, 6) is 1.81. The van der Waals surface area contributed by atoms with Crippen molar-refractivity contribution in [3.63, 3.8) is 0 Å². The van der Waals surface area contributed by atoms with E-state index in [4.69, 9.17) is 19.1 Å². The maximum atomic E-state index is 5.72. The molecule has 1 heterocycles. The van der Waals surface area contributed by atoms with Crippen LogP contribution >= 0.6 is 15.9 Å². The minimum atomic E-state index is 0.314. The number of rotatable bonds is 8. The highest BCUT2D eigenvalue weighted by molar-refractivity contribution is 9.09. The van der Waals surface area contributed by atoms with Gasteiger partial charge in [-0.15, -0.1) is 0 Å². The van der Waals surface area contributed by atoms with E-state index in [1.54, 1.807) is 14.2 Å². The van der Waals surface area contributed by atoms with Crippen molar-refractivity contribution >= 4 is 26.8 Å². The molecule has 1 N–H and O–H groups in total. The second-order valence-electron chi connectivity index (χ2n) is 4.17. The Hall–Kier alpha value is -1.44. The van der Waals surface area contributed by atoms with Crippen LogP contribution in [0.25, 0.3) is 10.9 Å². The van der Waals surface area contributed by atoms with Crippen LogP contribution < -0.4 is 14.2 Å². The maximum Gasteiger partial charge on any atom is 0.205 e. The Morgan fingerprint density at radius 2 is 1.90 bits per heavy atom. The summed E-state index contributed by atoms with van der Waals surface area (Å²) in [4.78, 5) is 12.8. The molecule has 7 heteroatoms. The highest BCUT2D eigenvalue weighted by Gasteiger charge is 2.18. The van der Waals surface area contributed by atoms with E-state index in [2.05, 4.69) is 25.8 Å². The molecular formula is C14H18BrNO5. The highest BCUT2D eigenvalue weighted by atomic mass is 79.9. The van der Waals surface area contributed by atoms with Gasteiger partial charge in [0.15, 0.2) is 11.5 Å². The largest absolute Gasteiger partial charge is 0.493 e. The number of benzene rings is 1. The fourth-order valence-electron chi connectivity index (χ4n) is 2.09. The summed E-state index contributed by atoms with van der Waals surface area (Å²) in [6.07, 6.45) is 0. The van der Waals surface area contributed by atoms with E-state index in [0.29, 0.717) is 30.5 Å². The fourth-order valence-corrected chi connectivity index (χ4v) is 2.25. The number of aromatic nitrogens is 1. The Labute approximate surface area is 131 Å². The normalized spacial score (nSPS) is 10.9. The summed E-state index contributed by atoms with van der Waals surface area (Å²) in [5, 5.41) is 1.67. The summed E-state index contributed by atoms with van der Waals surface area (Å²) in [5.41, 5.74) is 1.70. The molecule has 2 aromatic rings. The molecule has 0 aliphatic heterocycles. The van der Waals surface area contributed by atoms with Gasteiger partial charge in [0, 0.05) is 16.4 Å². The van der Waals surface area contributed by atoms with Crippen LogP contribution in [-0.2, 0) is 16.4 Å². The molecule has 0 atom stereocenters. The minimum Gasteiger partial charge on any atom is -0.493 e. The zero-order chi connectivity index (χ0) is 15.2. The molecule has 0 radical (unpaired) electrons. The zero-order valence-corrected chi connectivity index (χ0v) is 13.8. The molecule has 1 aromatic heterocycles. The standard InChI is InChI=1S/C14H18BrNO5/c1-17-11-7-9-6-10(8-21-19-3)16-12(9)14(18-2)13(11)20-5-4-15/h6-7,16H,4-5,8H2,1-3H3. The molecule has 0 aliphatic rings. The van der Waals surface area contributed by atoms with Gasteiger partial charge < -0.3 is 19.2 Å². The van der Waals surface area contributed by atoms with Crippen LogP contribution in [0.5, 0.6) is 17.2 Å². The Morgan fingerprint density at radius 3 is 2.52 bits per heavy atom. The van der Waals surface area contributed by atoms with Gasteiger partial charge in [0.25, 0.3) is 0 Å². The van der Waals surface area contributed by atoms with E-state index in [1.807, 2.05) is 12.1 Å². The van der Waals surface area contributed by atoms with Crippen molar-refractivity contribution < 1.29 is 24.0 Å². The molecule has 0 saturated carbocycles. The summed E-state index contributed by atoms with van der Waals surface area (Å²) in [6.45, 7) is 0.826. The van der Waals surface area contributed by atoms with Crippen LogP contribution in [0.3, 0.4) is 0 Å². The van der Waals surface area contributed by atoms with E-state index < -0.39 is 0 Å². The lowest BCUT2D eigenvalue weighted by Crippen LogP contribution is -2.02. The lowest BCUT2D eigenvalue weighted by Gasteiger charge is -2.14. The molecule has 0 bridgehead atoms. The van der Waals surface area contributed by atoms with Crippen molar-refractivity contribution in [1.82, 2.24) is 4.98 Å². The molecule has 21 heavy (non-hydrogen) atoms. The van der Waals surface area contributed by atoms with E-state index in [-0.39, 0.29) is 0 Å². The molecule has 2 rings (SSSR count). The van der Waals surface area contributed by atoms with Gasteiger partial charge in [0.2, 0.25) is 5.75 Å². The van der Waals surface area contributed by atoms with Gasteiger partial charge in [0.1, 0.15) is 6.61 Å². The molecule has 0 spiro atoms. The molecule has 116 valence electrons. The van der Waals surface area contributed by atoms with Crippen LogP contribution in [0.4, 0.5) is 0 Å². The summed E-state index contributed by atoms with van der Waals surface area (Å²) in [7, 11) is 4.67. The molecule has 0 saturated heterocycles. The first-order chi connectivity index (χ1) is 10.2. The van der Waals surface area contributed by atoms with Gasteiger partial charge in [-0.3, -0.25) is 0 Å². The summed E-state index contributed by atoms with van der Waals surface area (Å²) in [6, 6.07) is 3.85. The monoisotopic (exact) mass is 359 g/mol. The number of ether oxygens (including phenoxy) is 3. The van der Waals surface area contributed by atoms with Crippen molar-refractivity contribution in [1.29, 1.82) is 0 Å². The Balaban J connectivity index is 2.49. The average molecular weight is 360 g/mol. The Kier molecular flexibility index (Phi) is 5.72. The summed E-state index contributed by atoms with van der Waals surface area (Å²) >= 11 is 3.34. The number of hydrogen-bond donors (Lipinski definition) is 1. The first-order valence-electron chi connectivity index (χ1n) is 6.36. The van der Waals surface area contributed by atoms with Crippen LogP contribution in [0.15, 0.2) is 12.1 Å². The SMILES string of the molecule is COOCc1cc2cc(OC)c(OCCBr)c(OC)c2[nH]1. The number of aromatic amines is 1. The second-order valence-corrected chi connectivity index (χ2v) is 4.96. The van der Waals surface area contributed by atoms with Crippen LogP contribution in [0, 0.1) is 0 Å². The minimum absolute atomic E-state index is 0.314. The van der Waals surface area contributed by atoms with Crippen molar-refractivity contribution in [2.45, 2.75) is 6.61 Å². The van der Waals surface area contributed by atoms with Crippen LogP contribution in [-0.4, -0.2) is 38.3 Å². The molecule has 0 unspecified atom stereocenters. The predicted molar refractivity (Wildman–Crippen MR) is 82.5 cm³/mol. The topological polar surface area (TPSA) is 61.9 Å². The molecule has 0 amide bonds. The first kappa shape index (κ1) is 15.9. The van der Waals surface area contributed by atoms with Gasteiger partial charge in [-0.05, 0) is 12.1 Å². The Bertz CT molecular complexity index is 599. The van der Waals surface area contributed by atoms with Crippen LogP contribution in [0.2, 0.25) is 0 Å². The van der Waals surface area contributed by atoms with Gasteiger partial charge in [-0.25, -0.2) is 9.78 Å². The van der Waals surface area contributed by atoms with Gasteiger partial charge >= 0.3 is 0 Å². The lowest BCUT2D eigenvalue weighted by atomic mass is 10.2. The van der Waals surface area contributed by atoms with Crippen molar-refractivity contribution in [2.24, 2.45) is 0 Å². The number of halogens is 1. The predicted octanol–water partition coefficient (Wildman–Crippen LogP) is 3.04. The van der Waals surface area contributed by atoms with Crippen molar-refractivity contribution in [3.8, 4) is 17.2 Å². The lowest BCUT2D eigenvalue weighted by molar-refractivity contribution is -0.282. The van der Waals surface area contributed by atoms with E-state index >= 15 is 0 Å². The highest BCUT2D eigenvalue weighted by Crippen LogP contribution is 2.43. The van der Waals surface area contributed by atoms with Gasteiger partial charge in [0.05, 0.1) is 33.5 Å². The quantitative estimate of drug-likeness (QED) is 0.445. The third-order valence-electron chi connectivity index (χ3n) is 2.93. The van der Waals surface area contributed by atoms with Crippen molar-refractivity contribution in [2.75, 3.05) is 33.3 Å². The summed E-state index contributed by atoms with van der Waals surface area (Å²) < 4.78 is 16.6. The van der Waals surface area contributed by atoms with Crippen molar-refractivity contribution in [3.05, 3.63) is 17.8 Å². The fraction of sp³-hybridized carbons (Fsp3) is 0.429. The number of H-pyrrole nitrogens is 1. The molecule has 6 nitrogen and oxygen atoms in total. The number of hydrogen-bond acceptors (Lipinski definition) is 5. The second kappa shape index (κ2) is 7.53. The number of alkyl halides is 1.